The van der Waals surface area contributed by atoms with Crippen LogP contribution < -0.4 is 21.0 Å². The van der Waals surface area contributed by atoms with Crippen LogP contribution >= 0.6 is 24.4 Å². The maximum absolute atomic E-state index is 12.2. The van der Waals surface area contributed by atoms with E-state index < -0.39 is 32.6 Å². The zero-order valence-corrected chi connectivity index (χ0v) is 23.5. The molecule has 0 aromatic heterocycles. The summed E-state index contributed by atoms with van der Waals surface area (Å²) in [6, 6.07) is 13.2. The summed E-state index contributed by atoms with van der Waals surface area (Å²) < 4.78 is 58.2. The van der Waals surface area contributed by atoms with Gasteiger partial charge in [0, 0.05) is 25.8 Å². The van der Waals surface area contributed by atoms with Gasteiger partial charge < -0.3 is 15.5 Å². The number of benzene rings is 2. The lowest BCUT2D eigenvalue weighted by Crippen LogP contribution is -2.61. The lowest BCUT2D eigenvalue weighted by molar-refractivity contribution is 0.284. The molecule has 13 nitrogen and oxygen atoms in total. The van der Waals surface area contributed by atoms with E-state index in [1.54, 1.807) is 5.01 Å². The van der Waals surface area contributed by atoms with E-state index in [2.05, 4.69) is 35.4 Å². The molecule has 0 aliphatic carbocycles. The summed E-state index contributed by atoms with van der Waals surface area (Å²) in [4.78, 5) is 2.08. The van der Waals surface area contributed by atoms with E-state index in [0.29, 0.717) is 28.3 Å². The molecule has 0 radical (unpaired) electrons. The van der Waals surface area contributed by atoms with Crippen molar-refractivity contribution in [3.63, 3.8) is 0 Å². The van der Waals surface area contributed by atoms with E-state index in [1.165, 1.54) is 24.3 Å². The molecule has 0 saturated carbocycles. The van der Waals surface area contributed by atoms with Crippen LogP contribution in [0.3, 0.4) is 0 Å². The van der Waals surface area contributed by atoms with Crippen LogP contribution in [0.4, 0.5) is 17.1 Å². The molecular formula is C21H27N7O6S4. The summed E-state index contributed by atoms with van der Waals surface area (Å²) in [5.74, 6) is -0.610. The van der Waals surface area contributed by atoms with E-state index in [4.69, 9.17) is 29.0 Å². The Bertz CT molecular complexity index is 1370. The predicted octanol–water partition coefficient (Wildman–Crippen LogP) is 2.05. The van der Waals surface area contributed by atoms with E-state index in [1.807, 2.05) is 31.3 Å². The first-order chi connectivity index (χ1) is 17.9. The van der Waals surface area contributed by atoms with E-state index in [9.17, 15) is 16.8 Å². The summed E-state index contributed by atoms with van der Waals surface area (Å²) in [6.07, 6.45) is 0.876. The van der Waals surface area contributed by atoms with Crippen molar-refractivity contribution in [1.82, 2.24) is 21.1 Å². The van der Waals surface area contributed by atoms with Gasteiger partial charge in [0.25, 0.3) is 0 Å². The third kappa shape index (κ3) is 9.50. The molecule has 1 saturated heterocycles. The largest absolute Gasteiger partial charge is 0.397 e. The summed E-state index contributed by atoms with van der Waals surface area (Å²) in [5, 5.41) is 17.0. The quantitative estimate of drug-likeness (QED) is 0.114. The average molecular weight is 602 g/mol. The summed E-state index contributed by atoms with van der Waals surface area (Å²) in [6.45, 7) is 1.36. The maximum Gasteiger partial charge on any atom is 0.397 e. The van der Waals surface area contributed by atoms with Crippen molar-refractivity contribution in [3.8, 4) is 0 Å². The molecule has 1 heterocycles. The Morgan fingerprint density at radius 3 is 2.24 bits per heavy atom. The first-order valence-electron chi connectivity index (χ1n) is 11.2. The van der Waals surface area contributed by atoms with Crippen molar-refractivity contribution in [2.24, 2.45) is 10.2 Å². The van der Waals surface area contributed by atoms with Gasteiger partial charge in [0.05, 0.1) is 28.6 Å². The maximum atomic E-state index is 12.2. The van der Waals surface area contributed by atoms with E-state index in [-0.39, 0.29) is 4.90 Å². The van der Waals surface area contributed by atoms with Gasteiger partial charge in [0.2, 0.25) is 0 Å². The molecule has 0 bridgehead atoms. The van der Waals surface area contributed by atoms with Gasteiger partial charge in [-0.2, -0.15) is 18.6 Å². The van der Waals surface area contributed by atoms with Crippen molar-refractivity contribution in [3.05, 3.63) is 48.5 Å². The minimum Gasteiger partial charge on any atom is -0.375 e. The summed E-state index contributed by atoms with van der Waals surface area (Å²) >= 11 is 10.3. The smallest absolute Gasteiger partial charge is 0.375 e. The van der Waals surface area contributed by atoms with Gasteiger partial charge in [0.1, 0.15) is 6.67 Å². The molecule has 1 aliphatic rings. The highest BCUT2D eigenvalue weighted by Crippen LogP contribution is 2.23. The highest BCUT2D eigenvalue weighted by Gasteiger charge is 2.17. The number of hydrazine groups is 1. The number of anilines is 1. The number of azo groups is 1. The predicted molar refractivity (Wildman–Crippen MR) is 151 cm³/mol. The van der Waals surface area contributed by atoms with Gasteiger partial charge >= 0.3 is 10.4 Å². The summed E-state index contributed by atoms with van der Waals surface area (Å²) in [7, 11) is -6.50. The summed E-state index contributed by atoms with van der Waals surface area (Å²) in [5.41, 5.74) is 5.32. The molecule has 38 heavy (non-hydrogen) atoms. The normalized spacial score (nSPS) is 14.4. The number of hydrogen-bond donors (Lipinski definition) is 4. The standard InChI is InChI=1S/C21H27N7O6S4/c1-27(12-2-11-23-28-15-22-20(35)24-21(28)36)18-7-3-16(4-8-18)25-26-17-5-9-19(10-6-17)37(29,30)14-13-34-38(31,32)33/h3-10,23H,2,11-15H2,1H3,(H,31,32,33)(H2,22,24,35,36). The molecule has 1 fully saturated rings. The van der Waals surface area contributed by atoms with Crippen LogP contribution in [0.15, 0.2) is 63.7 Å². The highest BCUT2D eigenvalue weighted by atomic mass is 32.3. The van der Waals surface area contributed by atoms with Gasteiger partial charge in [-0.3, -0.25) is 9.56 Å². The minimum atomic E-state index is -4.70. The Labute approximate surface area is 232 Å². The molecule has 0 unspecified atom stereocenters. The van der Waals surface area contributed by atoms with Gasteiger partial charge in [-0.1, -0.05) is 0 Å². The van der Waals surface area contributed by atoms with Gasteiger partial charge in [-0.05, 0) is 79.4 Å². The number of hydrogen-bond acceptors (Lipinski definition) is 11. The monoisotopic (exact) mass is 601 g/mol. The SMILES string of the molecule is CN(CCCNN1CNC(=S)NC1=S)c1ccc(N=Nc2ccc(S(=O)(=O)CCOS(=O)(=O)O)cc2)cc1. The van der Waals surface area contributed by atoms with Crippen LogP contribution in [0.5, 0.6) is 0 Å². The molecular weight excluding hydrogens is 575 g/mol. The molecule has 2 aromatic carbocycles. The number of sulfone groups is 1. The molecule has 3 rings (SSSR count). The van der Waals surface area contributed by atoms with Crippen molar-refractivity contribution >= 4 is 72.0 Å². The Morgan fingerprint density at radius 1 is 1.05 bits per heavy atom. The minimum absolute atomic E-state index is 0.0333. The Balaban J connectivity index is 1.46. The third-order valence-corrected chi connectivity index (χ3v) is 7.92. The zero-order valence-electron chi connectivity index (χ0n) is 20.3. The molecule has 2 aromatic rings. The number of rotatable bonds is 13. The van der Waals surface area contributed by atoms with E-state index in [0.717, 1.165) is 25.2 Å². The lowest BCUT2D eigenvalue weighted by Gasteiger charge is -2.32. The Hall–Kier alpha value is -2.80. The second-order valence-corrected chi connectivity index (χ2v) is 12.0. The van der Waals surface area contributed by atoms with Gasteiger partial charge in [-0.25, -0.2) is 18.0 Å². The lowest BCUT2D eigenvalue weighted by atomic mass is 10.2. The fraction of sp³-hybridized carbons (Fsp3) is 0.333. The first kappa shape index (κ1) is 29.8. The van der Waals surface area contributed by atoms with Gasteiger partial charge in [0.15, 0.2) is 20.1 Å². The molecule has 17 heteroatoms. The fourth-order valence-electron chi connectivity index (χ4n) is 3.19. The molecule has 1 aliphatic heterocycles. The van der Waals surface area contributed by atoms with Crippen LogP contribution in [0, 0.1) is 0 Å². The Morgan fingerprint density at radius 2 is 1.66 bits per heavy atom. The fourth-order valence-corrected chi connectivity index (χ4v) is 5.14. The first-order valence-corrected chi connectivity index (χ1v) is 15.0. The van der Waals surface area contributed by atoms with Crippen LogP contribution in [0.1, 0.15) is 6.42 Å². The zero-order chi connectivity index (χ0) is 27.8. The second-order valence-electron chi connectivity index (χ2n) is 7.98. The number of thiocarbonyl (C=S) groups is 2. The van der Waals surface area contributed by atoms with Crippen molar-refractivity contribution in [2.75, 3.05) is 44.1 Å². The average Bonchev–Trinajstić information content (AvgIpc) is 2.86. The Kier molecular flexibility index (Phi) is 10.4. The molecule has 4 N–H and O–H groups in total. The van der Waals surface area contributed by atoms with Crippen molar-refractivity contribution < 1.29 is 25.6 Å². The van der Waals surface area contributed by atoms with Gasteiger partial charge in [-0.15, -0.1) is 0 Å². The molecule has 0 amide bonds. The topological polar surface area (TPSA) is 165 Å². The second kappa shape index (κ2) is 13.3. The third-order valence-electron chi connectivity index (χ3n) is 5.19. The van der Waals surface area contributed by atoms with Crippen LogP contribution in [-0.4, -0.2) is 75.8 Å². The molecule has 0 spiro atoms. The van der Waals surface area contributed by atoms with Crippen LogP contribution in [0.25, 0.3) is 0 Å². The van der Waals surface area contributed by atoms with Crippen LogP contribution in [0.2, 0.25) is 0 Å². The highest BCUT2D eigenvalue weighted by molar-refractivity contribution is 7.91. The van der Waals surface area contributed by atoms with Crippen molar-refractivity contribution in [1.29, 1.82) is 0 Å². The van der Waals surface area contributed by atoms with Crippen LogP contribution in [-0.2, 0) is 24.4 Å². The molecule has 206 valence electrons. The molecule has 0 atom stereocenters. The number of nitrogens with zero attached hydrogens (tertiary/aromatic N) is 4. The number of nitrogens with one attached hydrogen (secondary N) is 3. The van der Waals surface area contributed by atoms with E-state index >= 15 is 0 Å². The van der Waals surface area contributed by atoms with Crippen molar-refractivity contribution in [2.45, 2.75) is 11.3 Å².